The first kappa shape index (κ1) is 7.06. The number of hydrogen-bond acceptors (Lipinski definition) is 0. The smallest absolute Gasteiger partial charge is 0.0537 e. The van der Waals surface area contributed by atoms with Gasteiger partial charge in [-0.25, -0.2) is 0 Å². The van der Waals surface area contributed by atoms with Crippen LogP contribution in [0.2, 0.25) is 6.32 Å². The number of unbranched alkanes of at least 4 members (excludes halogenated alkanes) is 3. The monoisotopic (exact) mass is 96.1 g/mol. The molecular weight excluding hydrogens is 82.9 g/mol. The van der Waals surface area contributed by atoms with E-state index < -0.39 is 0 Å². The molecule has 0 saturated heterocycles. The van der Waals surface area contributed by atoms with E-state index in [1.807, 2.05) is 0 Å². The van der Waals surface area contributed by atoms with Crippen LogP contribution in [0.5, 0.6) is 0 Å². The van der Waals surface area contributed by atoms with E-state index in [-0.39, 0.29) is 0 Å². The summed E-state index contributed by atoms with van der Waals surface area (Å²) < 4.78 is 0. The van der Waals surface area contributed by atoms with Crippen molar-refractivity contribution in [3.05, 3.63) is 0 Å². The summed E-state index contributed by atoms with van der Waals surface area (Å²) in [7, 11) is 5.27. The van der Waals surface area contributed by atoms with Gasteiger partial charge in [0.1, 0.15) is 0 Å². The molecule has 0 aromatic carbocycles. The molecule has 3 radical (unpaired) electrons. The minimum Gasteiger partial charge on any atom is -0.626 e. The Morgan fingerprint density at radius 2 is 1.86 bits per heavy atom. The molecule has 0 fully saturated rings. The maximum Gasteiger partial charge on any atom is -0.0537 e. The van der Waals surface area contributed by atoms with Crippen LogP contribution in [0.4, 0.5) is 0 Å². The van der Waals surface area contributed by atoms with Crippen molar-refractivity contribution in [1.29, 1.82) is 0 Å². The Morgan fingerprint density at radius 1 is 1.14 bits per heavy atom. The summed E-state index contributed by atoms with van der Waals surface area (Å²) in [6.07, 6.45) is 6.03. The summed E-state index contributed by atoms with van der Waals surface area (Å²) in [6, 6.07) is 0. The summed E-state index contributed by atoms with van der Waals surface area (Å²) in [4.78, 5) is 0. The van der Waals surface area contributed by atoms with Crippen molar-refractivity contribution in [2.45, 2.75) is 38.9 Å². The molecule has 0 aliphatic carbocycles. The largest absolute Gasteiger partial charge is 0.626 e. The topological polar surface area (TPSA) is 0 Å². The fraction of sp³-hybridized carbons (Fsp3) is 1.00. The Bertz CT molecular complexity index is 23.4. The van der Waals surface area contributed by atoms with Crippen molar-refractivity contribution in [3.63, 3.8) is 0 Å². The Kier molecular flexibility index (Phi) is 6.12. The first-order valence-electron chi connectivity index (χ1n) is 3.12. The second-order valence-electron chi connectivity index (χ2n) is 1.85. The highest BCUT2D eigenvalue weighted by Crippen LogP contribution is 1.99. The SMILES string of the molecule is [B-]CCCCCC. The van der Waals surface area contributed by atoms with Crippen LogP contribution in [0.25, 0.3) is 0 Å². The lowest BCUT2D eigenvalue weighted by Crippen LogP contribution is -1.72. The van der Waals surface area contributed by atoms with Crippen LogP contribution < -0.4 is 0 Å². The molecule has 0 atom stereocenters. The third-order valence-electron chi connectivity index (χ3n) is 1.06. The van der Waals surface area contributed by atoms with Crippen molar-refractivity contribution >= 4 is 7.85 Å². The quantitative estimate of drug-likeness (QED) is 0.371. The third-order valence-corrected chi connectivity index (χ3v) is 1.06. The highest BCUT2D eigenvalue weighted by molar-refractivity contribution is 6.08. The highest BCUT2D eigenvalue weighted by atomic mass is 13.8. The molecule has 0 aromatic rings. The molecule has 0 bridgehead atoms. The Morgan fingerprint density at radius 3 is 2.29 bits per heavy atom. The van der Waals surface area contributed by atoms with Crippen molar-refractivity contribution in [3.8, 4) is 0 Å². The zero-order chi connectivity index (χ0) is 5.54. The predicted molar refractivity (Wildman–Crippen MR) is 34.7 cm³/mol. The summed E-state index contributed by atoms with van der Waals surface area (Å²) in [5.41, 5.74) is 0. The standard InChI is InChI=1S/C6H13B/c1-2-3-4-5-6-7/h2-6H2,1H3/q-1. The lowest BCUT2D eigenvalue weighted by atomic mass is 9.99. The van der Waals surface area contributed by atoms with E-state index in [0.717, 1.165) is 6.32 Å². The van der Waals surface area contributed by atoms with Gasteiger partial charge in [-0.3, -0.25) is 6.32 Å². The van der Waals surface area contributed by atoms with Gasteiger partial charge in [-0.15, -0.1) is 0 Å². The van der Waals surface area contributed by atoms with Gasteiger partial charge in [-0.1, -0.05) is 32.6 Å². The van der Waals surface area contributed by atoms with Gasteiger partial charge in [0.25, 0.3) is 0 Å². The van der Waals surface area contributed by atoms with Gasteiger partial charge < -0.3 is 7.85 Å². The fourth-order valence-electron chi connectivity index (χ4n) is 0.571. The molecule has 0 saturated carbocycles. The molecule has 0 aromatic heterocycles. The Labute approximate surface area is 47.7 Å². The van der Waals surface area contributed by atoms with Crippen LogP contribution >= 0.6 is 0 Å². The van der Waals surface area contributed by atoms with E-state index in [1.54, 1.807) is 0 Å². The summed E-state index contributed by atoms with van der Waals surface area (Å²) in [5, 5.41) is 0. The van der Waals surface area contributed by atoms with E-state index in [0.29, 0.717) is 0 Å². The maximum absolute atomic E-state index is 5.27. The molecule has 0 heterocycles. The summed E-state index contributed by atoms with van der Waals surface area (Å²) in [5.74, 6) is 0. The molecule has 0 unspecified atom stereocenters. The minimum atomic E-state index is 0.861. The maximum atomic E-state index is 5.27. The molecule has 41 valence electrons. The van der Waals surface area contributed by atoms with E-state index in [1.165, 1.54) is 25.7 Å². The van der Waals surface area contributed by atoms with E-state index in [2.05, 4.69) is 6.92 Å². The average Bonchev–Trinajstić information content (AvgIpc) is 1.69. The molecule has 1 heteroatoms. The van der Waals surface area contributed by atoms with Crippen LogP contribution in [0, 0.1) is 0 Å². The number of rotatable bonds is 4. The highest BCUT2D eigenvalue weighted by Gasteiger charge is 1.75. The van der Waals surface area contributed by atoms with Crippen LogP contribution in [0.1, 0.15) is 32.6 Å². The molecule has 0 spiro atoms. The fourth-order valence-corrected chi connectivity index (χ4v) is 0.571. The van der Waals surface area contributed by atoms with Gasteiger partial charge in [-0.05, 0) is 0 Å². The molecular formula is C6H13B-. The van der Waals surface area contributed by atoms with Gasteiger partial charge in [0, 0.05) is 0 Å². The van der Waals surface area contributed by atoms with Gasteiger partial charge in [0.05, 0.1) is 0 Å². The van der Waals surface area contributed by atoms with Crippen molar-refractivity contribution < 1.29 is 0 Å². The molecule has 0 amide bonds. The molecule has 0 rings (SSSR count). The molecule has 0 aliphatic rings. The van der Waals surface area contributed by atoms with Gasteiger partial charge in [0.2, 0.25) is 0 Å². The normalized spacial score (nSPS) is 9.43. The van der Waals surface area contributed by atoms with Gasteiger partial charge >= 0.3 is 0 Å². The summed E-state index contributed by atoms with van der Waals surface area (Å²) >= 11 is 0. The first-order valence-corrected chi connectivity index (χ1v) is 3.12. The second-order valence-corrected chi connectivity index (χ2v) is 1.85. The lowest BCUT2D eigenvalue weighted by molar-refractivity contribution is 0.701. The number of hydrogen-bond donors (Lipinski definition) is 0. The Balaban J connectivity index is 2.45. The van der Waals surface area contributed by atoms with Crippen molar-refractivity contribution in [1.82, 2.24) is 0 Å². The van der Waals surface area contributed by atoms with Crippen LogP contribution in [-0.4, -0.2) is 7.85 Å². The molecule has 0 nitrogen and oxygen atoms in total. The first-order chi connectivity index (χ1) is 3.41. The average molecular weight is 96.0 g/mol. The van der Waals surface area contributed by atoms with Crippen molar-refractivity contribution in [2.75, 3.05) is 0 Å². The molecule has 0 N–H and O–H groups in total. The van der Waals surface area contributed by atoms with Crippen LogP contribution in [0.3, 0.4) is 0 Å². The molecule has 7 heavy (non-hydrogen) atoms. The zero-order valence-electron chi connectivity index (χ0n) is 5.11. The van der Waals surface area contributed by atoms with Crippen molar-refractivity contribution in [2.24, 2.45) is 0 Å². The van der Waals surface area contributed by atoms with Crippen LogP contribution in [-0.2, 0) is 0 Å². The summed E-state index contributed by atoms with van der Waals surface area (Å²) in [6.45, 7) is 2.20. The molecule has 0 aliphatic heterocycles. The zero-order valence-corrected chi connectivity index (χ0v) is 5.11. The van der Waals surface area contributed by atoms with E-state index in [4.69, 9.17) is 7.85 Å². The Hall–Kier alpha value is 0.0649. The minimum absolute atomic E-state index is 0.861. The van der Waals surface area contributed by atoms with E-state index in [9.17, 15) is 0 Å². The van der Waals surface area contributed by atoms with E-state index >= 15 is 0 Å². The van der Waals surface area contributed by atoms with Crippen LogP contribution in [0.15, 0.2) is 0 Å². The third kappa shape index (κ3) is 6.06. The second kappa shape index (κ2) is 6.06. The van der Waals surface area contributed by atoms with Gasteiger partial charge in [0.15, 0.2) is 0 Å². The lowest BCUT2D eigenvalue weighted by Gasteiger charge is -1.99. The predicted octanol–water partition coefficient (Wildman–Crippen LogP) is 2.15. The van der Waals surface area contributed by atoms with Gasteiger partial charge in [-0.2, -0.15) is 0 Å².